The van der Waals surface area contributed by atoms with E-state index in [1.54, 1.807) is 36.9 Å². The lowest BCUT2D eigenvalue weighted by molar-refractivity contribution is -0.133. The number of nitrogens with one attached hydrogen (secondary N) is 3. The molecule has 274 valence electrons. The van der Waals surface area contributed by atoms with Gasteiger partial charge >= 0.3 is 0 Å². The van der Waals surface area contributed by atoms with Crippen LogP contribution in [0.15, 0.2) is 103 Å². The molecule has 0 spiro atoms. The summed E-state index contributed by atoms with van der Waals surface area (Å²) in [7, 11) is 0. The van der Waals surface area contributed by atoms with Crippen molar-refractivity contribution in [2.75, 3.05) is 23.7 Å². The molecule has 5 aromatic rings. The van der Waals surface area contributed by atoms with Crippen LogP contribution in [0.3, 0.4) is 0 Å². The predicted octanol–water partition coefficient (Wildman–Crippen LogP) is 6.17. The number of benzene rings is 2. The molecule has 13 nitrogen and oxygen atoms in total. The van der Waals surface area contributed by atoms with Crippen LogP contribution in [-0.4, -0.2) is 88.4 Å². The van der Waals surface area contributed by atoms with Crippen LogP contribution in [0.1, 0.15) is 63.4 Å². The molecule has 3 aromatic heterocycles. The number of imidazole rings is 1. The molecule has 0 unspecified atom stereocenters. The molecular formula is C41H43N11O2. The SMILES string of the molecule is C[C@H](Nc1ncccn1)C(=O)N1CCC[C@H]1C1=NC=C(c2ccc(-c3ccc(-c4cnc([C@@H]5CCCN5C(=O)[C@H](C)Nc5ncccn5)[nH]4)cc3)cc2)C1. The summed E-state index contributed by atoms with van der Waals surface area (Å²) in [6.07, 6.45) is 14.8. The molecular weight excluding hydrogens is 679 g/mol. The van der Waals surface area contributed by atoms with Gasteiger partial charge in [-0.25, -0.2) is 24.9 Å². The van der Waals surface area contributed by atoms with Gasteiger partial charge in [-0.05, 0) is 79.5 Å². The van der Waals surface area contributed by atoms with E-state index in [0.29, 0.717) is 18.4 Å². The highest BCUT2D eigenvalue weighted by Gasteiger charge is 2.36. The Balaban J connectivity index is 0.868. The number of allylic oxidation sites excluding steroid dienone is 1. The molecule has 2 saturated heterocycles. The number of rotatable bonds is 11. The summed E-state index contributed by atoms with van der Waals surface area (Å²) in [4.78, 5) is 60.5. The Kier molecular flexibility index (Phi) is 9.93. The van der Waals surface area contributed by atoms with Crippen LogP contribution in [0.4, 0.5) is 11.9 Å². The van der Waals surface area contributed by atoms with E-state index in [9.17, 15) is 9.59 Å². The van der Waals surface area contributed by atoms with E-state index in [2.05, 4.69) is 84.1 Å². The number of carbonyl (C=O) groups is 2. The average molecular weight is 722 g/mol. The zero-order valence-electron chi connectivity index (χ0n) is 30.4. The highest BCUT2D eigenvalue weighted by molar-refractivity contribution is 6.03. The van der Waals surface area contributed by atoms with Crippen LogP contribution in [0.25, 0.3) is 28.0 Å². The van der Waals surface area contributed by atoms with Crippen molar-refractivity contribution in [2.45, 2.75) is 70.1 Å². The lowest BCUT2D eigenvalue weighted by atomic mass is 9.96. The topological polar surface area (TPSA) is 157 Å². The van der Waals surface area contributed by atoms with Crippen molar-refractivity contribution in [1.29, 1.82) is 0 Å². The fraction of sp³-hybridized carbons (Fsp3) is 0.317. The van der Waals surface area contributed by atoms with Gasteiger partial charge in [0.15, 0.2) is 0 Å². The molecule has 0 saturated carbocycles. The van der Waals surface area contributed by atoms with Crippen LogP contribution in [0.5, 0.6) is 0 Å². The fourth-order valence-electron chi connectivity index (χ4n) is 7.65. The van der Waals surface area contributed by atoms with Gasteiger partial charge in [0.25, 0.3) is 0 Å². The molecule has 2 aromatic carbocycles. The van der Waals surface area contributed by atoms with E-state index >= 15 is 0 Å². The number of aliphatic imine (C=N–C) groups is 1. The van der Waals surface area contributed by atoms with Gasteiger partial charge in [-0.2, -0.15) is 0 Å². The zero-order valence-corrected chi connectivity index (χ0v) is 30.4. The Morgan fingerprint density at radius 2 is 1.19 bits per heavy atom. The van der Waals surface area contributed by atoms with E-state index in [1.807, 2.05) is 36.0 Å². The van der Waals surface area contributed by atoms with Crippen molar-refractivity contribution < 1.29 is 9.59 Å². The number of aromatic nitrogens is 6. The third-order valence-corrected chi connectivity index (χ3v) is 10.5. The summed E-state index contributed by atoms with van der Waals surface area (Å²) in [5.74, 6) is 1.72. The predicted molar refractivity (Wildman–Crippen MR) is 208 cm³/mol. The number of likely N-dealkylation sites (tertiary alicyclic amines) is 2. The maximum absolute atomic E-state index is 13.4. The van der Waals surface area contributed by atoms with Gasteiger partial charge in [-0.1, -0.05) is 48.5 Å². The van der Waals surface area contributed by atoms with Gasteiger partial charge < -0.3 is 25.4 Å². The minimum Gasteiger partial charge on any atom is -0.343 e. The first kappa shape index (κ1) is 34.8. The first-order valence-electron chi connectivity index (χ1n) is 18.6. The molecule has 0 bridgehead atoms. The number of anilines is 2. The lowest BCUT2D eigenvalue weighted by Crippen LogP contribution is -2.46. The number of aromatic amines is 1. The van der Waals surface area contributed by atoms with Gasteiger partial charge in [-0.3, -0.25) is 14.6 Å². The molecule has 13 heteroatoms. The van der Waals surface area contributed by atoms with Crippen molar-refractivity contribution in [3.05, 3.63) is 109 Å². The Morgan fingerprint density at radius 3 is 1.76 bits per heavy atom. The minimum atomic E-state index is -0.460. The van der Waals surface area contributed by atoms with Crippen molar-refractivity contribution in [3.63, 3.8) is 0 Å². The quantitative estimate of drug-likeness (QED) is 0.145. The fourth-order valence-corrected chi connectivity index (χ4v) is 7.65. The number of nitrogens with zero attached hydrogens (tertiary/aromatic N) is 8. The standard InChI is InChI=1S/C41H43N11O2/c1-26(48-40-42-17-5-18-43-40)38(53)51-21-3-7-35(51)33-23-32(24-46-33)30-11-9-28(10-12-30)29-13-15-31(16-14-29)34-25-47-37(50-34)36-8-4-22-52(36)39(54)27(2)49-41-44-19-6-20-45-41/h5-6,9-20,24-27,35-36H,3-4,7-8,21-23H2,1-2H3,(H,47,50)(H,42,43,48)(H,44,45,49)/t26-,27-,35-,36-/m0/s1. The Morgan fingerprint density at radius 1 is 0.685 bits per heavy atom. The summed E-state index contributed by atoms with van der Waals surface area (Å²) < 4.78 is 0. The molecule has 6 heterocycles. The Hall–Kier alpha value is -6.24. The lowest BCUT2D eigenvalue weighted by Gasteiger charge is -2.28. The van der Waals surface area contributed by atoms with E-state index in [4.69, 9.17) is 9.98 Å². The molecule has 2 fully saturated rings. The van der Waals surface area contributed by atoms with Crippen molar-refractivity contribution in [1.82, 2.24) is 39.7 Å². The summed E-state index contributed by atoms with van der Waals surface area (Å²) in [6.45, 7) is 5.10. The normalized spacial score (nSPS) is 19.3. The van der Waals surface area contributed by atoms with Crippen LogP contribution < -0.4 is 10.6 Å². The number of H-pyrrole nitrogens is 1. The molecule has 54 heavy (non-hydrogen) atoms. The van der Waals surface area contributed by atoms with Gasteiger partial charge in [0.05, 0.1) is 24.0 Å². The largest absolute Gasteiger partial charge is 0.343 e. The number of hydrogen-bond acceptors (Lipinski definition) is 10. The summed E-state index contributed by atoms with van der Waals surface area (Å²) in [5, 5.41) is 6.25. The van der Waals surface area contributed by atoms with Crippen LogP contribution >= 0.6 is 0 Å². The summed E-state index contributed by atoms with van der Waals surface area (Å²) in [6, 6.07) is 19.5. The minimum absolute atomic E-state index is 0.00116. The number of hydrogen-bond donors (Lipinski definition) is 3. The second-order valence-corrected chi connectivity index (χ2v) is 14.0. The number of carbonyl (C=O) groups excluding carboxylic acids is 2. The average Bonchev–Trinajstić information content (AvgIpc) is 4.05. The second kappa shape index (κ2) is 15.4. The molecule has 3 N–H and O–H groups in total. The van der Waals surface area contributed by atoms with Crippen molar-refractivity contribution >= 4 is 35.0 Å². The maximum atomic E-state index is 13.4. The summed E-state index contributed by atoms with van der Waals surface area (Å²) in [5.41, 5.74) is 7.50. The van der Waals surface area contributed by atoms with Gasteiger partial charge in [0, 0.05) is 56.2 Å². The van der Waals surface area contributed by atoms with E-state index < -0.39 is 12.1 Å². The third kappa shape index (κ3) is 7.34. The highest BCUT2D eigenvalue weighted by atomic mass is 16.2. The highest BCUT2D eigenvalue weighted by Crippen LogP contribution is 2.34. The monoisotopic (exact) mass is 721 g/mol. The molecule has 4 atom stereocenters. The van der Waals surface area contributed by atoms with Crippen LogP contribution in [-0.2, 0) is 9.59 Å². The van der Waals surface area contributed by atoms with Gasteiger partial charge in [-0.15, -0.1) is 0 Å². The molecule has 3 aliphatic rings. The van der Waals surface area contributed by atoms with E-state index in [0.717, 1.165) is 83.7 Å². The van der Waals surface area contributed by atoms with E-state index in [1.165, 1.54) is 0 Å². The first-order chi connectivity index (χ1) is 26.4. The van der Waals surface area contributed by atoms with Crippen molar-refractivity contribution in [3.8, 4) is 22.4 Å². The van der Waals surface area contributed by atoms with Crippen LogP contribution in [0.2, 0.25) is 0 Å². The smallest absolute Gasteiger partial charge is 0.245 e. The Labute approximate surface area is 314 Å². The maximum Gasteiger partial charge on any atom is 0.245 e. The van der Waals surface area contributed by atoms with Crippen LogP contribution in [0, 0.1) is 0 Å². The third-order valence-electron chi connectivity index (χ3n) is 10.5. The molecule has 0 radical (unpaired) electrons. The molecule has 8 rings (SSSR count). The Bertz CT molecular complexity index is 2150. The van der Waals surface area contributed by atoms with Crippen molar-refractivity contribution in [2.24, 2.45) is 4.99 Å². The zero-order chi connectivity index (χ0) is 37.0. The first-order valence-corrected chi connectivity index (χ1v) is 18.6. The van der Waals surface area contributed by atoms with Gasteiger partial charge in [0.2, 0.25) is 23.7 Å². The molecule has 2 amide bonds. The summed E-state index contributed by atoms with van der Waals surface area (Å²) >= 11 is 0. The second-order valence-electron chi connectivity index (χ2n) is 14.0. The number of amides is 2. The van der Waals surface area contributed by atoms with E-state index in [-0.39, 0.29) is 23.9 Å². The van der Waals surface area contributed by atoms with Gasteiger partial charge in [0.1, 0.15) is 17.9 Å². The molecule has 3 aliphatic heterocycles. The molecule has 0 aliphatic carbocycles.